The number of carbonyl (C=O) groups excluding carboxylic acids is 2. The Kier molecular flexibility index (Phi) is 6.31. The summed E-state index contributed by atoms with van der Waals surface area (Å²) in [6, 6.07) is 9.02. The van der Waals surface area contributed by atoms with Gasteiger partial charge in [-0.3, -0.25) is 9.59 Å². The number of hydrogen-bond acceptors (Lipinski definition) is 4. The van der Waals surface area contributed by atoms with Gasteiger partial charge in [0, 0.05) is 31.3 Å². The lowest BCUT2D eigenvalue weighted by Crippen LogP contribution is -2.40. The molecule has 28 heavy (non-hydrogen) atoms. The van der Waals surface area contributed by atoms with Crippen molar-refractivity contribution >= 4 is 17.9 Å². The van der Waals surface area contributed by atoms with E-state index in [9.17, 15) is 9.59 Å². The number of aryl methyl sites for hydroxylation is 2. The molecular formula is C22H27N3O3. The maximum absolute atomic E-state index is 13.2. The predicted octanol–water partition coefficient (Wildman–Crippen LogP) is 2.83. The first-order valence-corrected chi connectivity index (χ1v) is 9.55. The largest absolute Gasteiger partial charge is 0.465 e. The molecule has 1 aromatic carbocycles. The molecule has 6 nitrogen and oxygen atoms in total. The molecule has 1 aliphatic heterocycles. The number of rotatable bonds is 4. The minimum absolute atomic E-state index is 0.191. The molecule has 0 aliphatic carbocycles. The van der Waals surface area contributed by atoms with Crippen molar-refractivity contribution < 1.29 is 14.0 Å². The standard InChI is InChI=1S/C22H27N3O3/c1-16-7-8-18(14-17(16)2)21(26)23-20(15-19-6-4-13-28-19)22(27)25-10-5-9-24(3)11-12-25/h4,6-8,13-15H,5,9-12H2,1-3H3,(H,23,26). The smallest absolute Gasteiger partial charge is 0.270 e. The molecule has 1 aromatic heterocycles. The quantitative estimate of drug-likeness (QED) is 0.827. The van der Waals surface area contributed by atoms with Crippen LogP contribution in [-0.2, 0) is 4.79 Å². The summed E-state index contributed by atoms with van der Waals surface area (Å²) in [6.07, 6.45) is 4.04. The summed E-state index contributed by atoms with van der Waals surface area (Å²) in [4.78, 5) is 29.9. The van der Waals surface area contributed by atoms with Gasteiger partial charge in [-0.25, -0.2) is 0 Å². The average Bonchev–Trinajstić information content (AvgIpc) is 3.09. The fourth-order valence-electron chi connectivity index (χ4n) is 3.16. The molecule has 0 atom stereocenters. The number of amides is 2. The van der Waals surface area contributed by atoms with Crippen molar-refractivity contribution in [1.82, 2.24) is 15.1 Å². The molecule has 1 aliphatic rings. The van der Waals surface area contributed by atoms with Crippen LogP contribution in [0, 0.1) is 13.8 Å². The maximum atomic E-state index is 13.2. The van der Waals surface area contributed by atoms with E-state index < -0.39 is 0 Å². The SMILES string of the molecule is Cc1ccc(C(=O)NC(=Cc2ccco2)C(=O)N2CCCN(C)CC2)cc1C. The van der Waals surface area contributed by atoms with E-state index in [4.69, 9.17) is 4.42 Å². The fraction of sp³-hybridized carbons (Fsp3) is 0.364. The molecule has 3 rings (SSSR count). The lowest BCUT2D eigenvalue weighted by molar-refractivity contribution is -0.127. The highest BCUT2D eigenvalue weighted by molar-refractivity contribution is 6.05. The van der Waals surface area contributed by atoms with Crippen LogP contribution in [0.2, 0.25) is 0 Å². The Balaban J connectivity index is 1.83. The highest BCUT2D eigenvalue weighted by Gasteiger charge is 2.23. The third kappa shape index (κ3) is 4.89. The lowest BCUT2D eigenvalue weighted by atomic mass is 10.1. The predicted molar refractivity (Wildman–Crippen MR) is 109 cm³/mol. The van der Waals surface area contributed by atoms with Crippen LogP contribution in [-0.4, -0.2) is 54.8 Å². The van der Waals surface area contributed by atoms with Gasteiger partial charge in [0.2, 0.25) is 0 Å². The van der Waals surface area contributed by atoms with E-state index in [0.29, 0.717) is 24.4 Å². The minimum Gasteiger partial charge on any atom is -0.465 e. The van der Waals surface area contributed by atoms with Crippen molar-refractivity contribution in [2.75, 3.05) is 33.2 Å². The van der Waals surface area contributed by atoms with Gasteiger partial charge in [-0.2, -0.15) is 0 Å². The van der Waals surface area contributed by atoms with Crippen LogP contribution in [0.15, 0.2) is 46.7 Å². The molecule has 0 unspecified atom stereocenters. The summed E-state index contributed by atoms with van der Waals surface area (Å²) in [5.41, 5.74) is 2.90. The molecule has 1 N–H and O–H groups in total. The molecule has 1 fully saturated rings. The van der Waals surface area contributed by atoms with Crippen LogP contribution in [0.5, 0.6) is 0 Å². The van der Waals surface area contributed by atoms with Gasteiger partial charge in [-0.15, -0.1) is 0 Å². The fourth-order valence-corrected chi connectivity index (χ4v) is 3.16. The number of nitrogens with one attached hydrogen (secondary N) is 1. The molecule has 6 heteroatoms. The highest BCUT2D eigenvalue weighted by atomic mass is 16.3. The van der Waals surface area contributed by atoms with Gasteiger partial charge in [0.1, 0.15) is 11.5 Å². The van der Waals surface area contributed by atoms with E-state index in [0.717, 1.165) is 30.6 Å². The number of furan rings is 1. The Bertz CT molecular complexity index is 871. The molecule has 0 radical (unpaired) electrons. The highest BCUT2D eigenvalue weighted by Crippen LogP contribution is 2.14. The Morgan fingerprint density at radius 3 is 2.61 bits per heavy atom. The second kappa shape index (κ2) is 8.89. The van der Waals surface area contributed by atoms with Crippen molar-refractivity contribution in [3.8, 4) is 0 Å². The van der Waals surface area contributed by atoms with E-state index in [1.165, 1.54) is 0 Å². The second-order valence-electron chi connectivity index (χ2n) is 7.28. The maximum Gasteiger partial charge on any atom is 0.270 e. The Labute approximate surface area is 165 Å². The van der Waals surface area contributed by atoms with E-state index in [2.05, 4.69) is 17.3 Å². The Hall–Kier alpha value is -2.86. The molecule has 2 amide bonds. The van der Waals surface area contributed by atoms with Crippen molar-refractivity contribution in [2.45, 2.75) is 20.3 Å². The Morgan fingerprint density at radius 2 is 1.89 bits per heavy atom. The third-order valence-corrected chi connectivity index (χ3v) is 5.08. The van der Waals surface area contributed by atoms with Crippen LogP contribution in [0.4, 0.5) is 0 Å². The molecule has 2 aromatic rings. The number of hydrogen-bond donors (Lipinski definition) is 1. The van der Waals surface area contributed by atoms with Crippen molar-refractivity contribution in [2.24, 2.45) is 0 Å². The number of likely N-dealkylation sites (N-methyl/N-ethyl adjacent to an activating group) is 1. The molecular weight excluding hydrogens is 354 g/mol. The monoisotopic (exact) mass is 381 g/mol. The number of benzene rings is 1. The van der Waals surface area contributed by atoms with Crippen LogP contribution in [0.1, 0.15) is 33.7 Å². The zero-order valence-corrected chi connectivity index (χ0v) is 16.7. The number of carbonyl (C=O) groups is 2. The number of nitrogens with zero attached hydrogens (tertiary/aromatic N) is 2. The molecule has 0 bridgehead atoms. The first-order valence-electron chi connectivity index (χ1n) is 9.55. The first-order chi connectivity index (χ1) is 13.4. The first kappa shape index (κ1) is 19.9. The van der Waals surface area contributed by atoms with Gasteiger partial charge in [-0.1, -0.05) is 6.07 Å². The minimum atomic E-state index is -0.304. The van der Waals surface area contributed by atoms with Crippen molar-refractivity contribution in [3.63, 3.8) is 0 Å². The van der Waals surface area contributed by atoms with Gasteiger partial charge in [0.25, 0.3) is 11.8 Å². The summed E-state index contributed by atoms with van der Waals surface area (Å²) in [5.74, 6) is 0.0285. The average molecular weight is 381 g/mol. The summed E-state index contributed by atoms with van der Waals surface area (Å²) in [5, 5.41) is 2.80. The molecule has 0 spiro atoms. The lowest BCUT2D eigenvalue weighted by Gasteiger charge is -2.22. The Morgan fingerprint density at radius 1 is 1.07 bits per heavy atom. The van der Waals surface area contributed by atoms with E-state index >= 15 is 0 Å². The van der Waals surface area contributed by atoms with Crippen LogP contribution >= 0.6 is 0 Å². The van der Waals surface area contributed by atoms with Crippen LogP contribution in [0.3, 0.4) is 0 Å². The van der Waals surface area contributed by atoms with Gasteiger partial charge < -0.3 is 19.5 Å². The molecule has 0 saturated carbocycles. The van der Waals surface area contributed by atoms with Crippen molar-refractivity contribution in [1.29, 1.82) is 0 Å². The topological polar surface area (TPSA) is 65.8 Å². The van der Waals surface area contributed by atoms with Gasteiger partial charge >= 0.3 is 0 Å². The van der Waals surface area contributed by atoms with Crippen LogP contribution in [0.25, 0.3) is 6.08 Å². The van der Waals surface area contributed by atoms with Crippen molar-refractivity contribution in [3.05, 3.63) is 64.7 Å². The van der Waals surface area contributed by atoms with Gasteiger partial charge in [0.05, 0.1) is 6.26 Å². The zero-order chi connectivity index (χ0) is 20.1. The zero-order valence-electron chi connectivity index (χ0n) is 16.7. The third-order valence-electron chi connectivity index (χ3n) is 5.08. The van der Waals surface area contributed by atoms with Gasteiger partial charge in [-0.05, 0) is 69.3 Å². The van der Waals surface area contributed by atoms with E-state index in [1.807, 2.05) is 26.0 Å². The summed E-state index contributed by atoms with van der Waals surface area (Å²) in [6.45, 7) is 7.02. The summed E-state index contributed by atoms with van der Waals surface area (Å²) < 4.78 is 5.36. The molecule has 148 valence electrons. The van der Waals surface area contributed by atoms with E-state index in [1.54, 1.807) is 35.4 Å². The normalized spacial score (nSPS) is 16.0. The molecule has 2 heterocycles. The second-order valence-corrected chi connectivity index (χ2v) is 7.28. The molecule has 1 saturated heterocycles. The van der Waals surface area contributed by atoms with E-state index in [-0.39, 0.29) is 17.5 Å². The summed E-state index contributed by atoms with van der Waals surface area (Å²) >= 11 is 0. The van der Waals surface area contributed by atoms with Crippen LogP contribution < -0.4 is 5.32 Å². The summed E-state index contributed by atoms with van der Waals surface area (Å²) in [7, 11) is 2.05. The van der Waals surface area contributed by atoms with Gasteiger partial charge in [0.15, 0.2) is 0 Å².